The van der Waals surface area contributed by atoms with Crippen LogP contribution < -0.4 is 0 Å². The van der Waals surface area contributed by atoms with Gasteiger partial charge < -0.3 is 4.98 Å². The average Bonchev–Trinajstić information content (AvgIpc) is 2.99. The number of aromatic nitrogens is 3. The Morgan fingerprint density at radius 1 is 1.11 bits per heavy atom. The number of aromatic amines is 2. The number of nitrogens with one attached hydrogen (secondary N) is 2. The molecule has 0 spiro atoms. The van der Waals surface area contributed by atoms with Crippen LogP contribution in [0.25, 0.3) is 0 Å². The number of rotatable bonds is 5. The van der Waals surface area contributed by atoms with Crippen LogP contribution >= 0.6 is 0 Å². The van der Waals surface area contributed by atoms with Crippen molar-refractivity contribution in [3.63, 3.8) is 0 Å². The molecule has 2 aromatic rings. The minimum atomic E-state index is 0.164. The summed E-state index contributed by atoms with van der Waals surface area (Å²) in [7, 11) is 0. The summed E-state index contributed by atoms with van der Waals surface area (Å²) in [6.07, 6.45) is 8.21. The van der Waals surface area contributed by atoms with Crippen molar-refractivity contribution < 1.29 is 0 Å². The highest BCUT2D eigenvalue weighted by molar-refractivity contribution is 5.18. The van der Waals surface area contributed by atoms with Gasteiger partial charge >= 0.3 is 0 Å². The van der Waals surface area contributed by atoms with Crippen molar-refractivity contribution in [1.82, 2.24) is 15.2 Å². The minimum Gasteiger partial charge on any atom is -0.365 e. The van der Waals surface area contributed by atoms with E-state index in [1.807, 2.05) is 18.6 Å². The number of hydrogen-bond donors (Lipinski definition) is 2. The van der Waals surface area contributed by atoms with Gasteiger partial charge in [0.1, 0.15) is 0 Å². The highest BCUT2D eigenvalue weighted by atomic mass is 15.1. The van der Waals surface area contributed by atoms with Crippen molar-refractivity contribution in [2.45, 2.75) is 51.4 Å². The van der Waals surface area contributed by atoms with Crippen LogP contribution in [-0.4, -0.2) is 15.2 Å². The van der Waals surface area contributed by atoms with Gasteiger partial charge in [0, 0.05) is 23.5 Å². The van der Waals surface area contributed by atoms with E-state index in [-0.39, 0.29) is 10.8 Å². The highest BCUT2D eigenvalue weighted by Crippen LogP contribution is 2.34. The molecule has 0 amide bonds. The van der Waals surface area contributed by atoms with Gasteiger partial charge in [-0.3, -0.25) is 5.10 Å². The zero-order valence-corrected chi connectivity index (χ0v) is 11.7. The molecule has 0 fully saturated rings. The maximum Gasteiger partial charge on any atom is 0.0524 e. The van der Waals surface area contributed by atoms with E-state index in [2.05, 4.69) is 55.0 Å². The Bertz CT molecular complexity index is 418. The van der Waals surface area contributed by atoms with Gasteiger partial charge in [0.15, 0.2) is 0 Å². The normalized spacial score (nSPS) is 12.9. The second kappa shape index (κ2) is 4.63. The zero-order chi connectivity index (χ0) is 13.2. The average molecular weight is 245 g/mol. The Hall–Kier alpha value is -1.51. The van der Waals surface area contributed by atoms with Gasteiger partial charge in [-0.2, -0.15) is 5.10 Å². The second-order valence-corrected chi connectivity index (χ2v) is 6.34. The molecular weight excluding hydrogens is 222 g/mol. The summed E-state index contributed by atoms with van der Waals surface area (Å²) in [5, 5.41) is 6.96. The monoisotopic (exact) mass is 245 g/mol. The van der Waals surface area contributed by atoms with Crippen LogP contribution in [0.15, 0.2) is 30.7 Å². The van der Waals surface area contributed by atoms with Crippen LogP contribution in [0, 0.1) is 0 Å². The summed E-state index contributed by atoms with van der Waals surface area (Å²) in [4.78, 5) is 3.33. The highest BCUT2D eigenvalue weighted by Gasteiger charge is 2.28. The van der Waals surface area contributed by atoms with Crippen LogP contribution in [0.5, 0.6) is 0 Å². The van der Waals surface area contributed by atoms with Crippen LogP contribution in [0.3, 0.4) is 0 Å². The van der Waals surface area contributed by atoms with E-state index >= 15 is 0 Å². The first-order valence-electron chi connectivity index (χ1n) is 6.55. The van der Waals surface area contributed by atoms with Crippen molar-refractivity contribution in [1.29, 1.82) is 0 Å². The lowest BCUT2D eigenvalue weighted by molar-refractivity contribution is 0.370. The van der Waals surface area contributed by atoms with Gasteiger partial charge in [0.2, 0.25) is 0 Å². The molecule has 3 nitrogen and oxygen atoms in total. The van der Waals surface area contributed by atoms with Crippen LogP contribution in [-0.2, 0) is 10.8 Å². The Labute approximate surface area is 109 Å². The zero-order valence-electron chi connectivity index (χ0n) is 11.7. The van der Waals surface area contributed by atoms with Gasteiger partial charge in [-0.25, -0.2) is 0 Å². The molecule has 2 N–H and O–H groups in total. The molecule has 0 aromatic carbocycles. The van der Waals surface area contributed by atoms with E-state index < -0.39 is 0 Å². The van der Waals surface area contributed by atoms with Gasteiger partial charge in [-0.1, -0.05) is 27.7 Å². The summed E-state index contributed by atoms with van der Waals surface area (Å²) in [5.74, 6) is 0. The van der Waals surface area contributed by atoms with E-state index in [0.717, 1.165) is 12.8 Å². The van der Waals surface area contributed by atoms with Crippen molar-refractivity contribution in [2.24, 2.45) is 0 Å². The van der Waals surface area contributed by atoms with Gasteiger partial charge in [0.05, 0.1) is 6.20 Å². The van der Waals surface area contributed by atoms with Gasteiger partial charge in [-0.05, 0) is 36.0 Å². The topological polar surface area (TPSA) is 44.5 Å². The summed E-state index contributed by atoms with van der Waals surface area (Å²) in [6, 6.07) is 4.24. The first-order valence-corrected chi connectivity index (χ1v) is 6.55. The molecule has 2 rings (SSSR count). The fraction of sp³-hybridized carbons (Fsp3) is 0.533. The summed E-state index contributed by atoms with van der Waals surface area (Å²) in [5.41, 5.74) is 2.94. The summed E-state index contributed by atoms with van der Waals surface area (Å²) in [6.45, 7) is 9.15. The molecule has 0 atom stereocenters. The third kappa shape index (κ3) is 2.66. The first-order chi connectivity index (χ1) is 8.42. The molecule has 0 bridgehead atoms. The third-order valence-electron chi connectivity index (χ3n) is 3.98. The number of hydrogen-bond acceptors (Lipinski definition) is 1. The maximum atomic E-state index is 4.05. The molecule has 0 aliphatic heterocycles. The van der Waals surface area contributed by atoms with Crippen LogP contribution in [0.2, 0.25) is 0 Å². The lowest BCUT2D eigenvalue weighted by Crippen LogP contribution is -2.24. The summed E-state index contributed by atoms with van der Waals surface area (Å²) < 4.78 is 0. The van der Waals surface area contributed by atoms with Gasteiger partial charge in [0.25, 0.3) is 0 Å². The predicted molar refractivity (Wildman–Crippen MR) is 74.7 cm³/mol. The molecule has 2 aromatic heterocycles. The Balaban J connectivity index is 2.03. The maximum absolute atomic E-state index is 4.05. The molecule has 0 aliphatic carbocycles. The van der Waals surface area contributed by atoms with Crippen molar-refractivity contribution >= 4 is 0 Å². The largest absolute Gasteiger partial charge is 0.365 e. The molecule has 0 unspecified atom stereocenters. The van der Waals surface area contributed by atoms with Crippen LogP contribution in [0.4, 0.5) is 0 Å². The lowest BCUT2D eigenvalue weighted by atomic mass is 9.75. The second-order valence-electron chi connectivity index (χ2n) is 6.34. The van der Waals surface area contributed by atoms with Crippen molar-refractivity contribution in [2.75, 3.05) is 0 Å². The molecule has 0 radical (unpaired) electrons. The number of nitrogens with zero attached hydrogens (tertiary/aromatic N) is 1. The SMILES string of the molecule is CC(C)(CCC(C)(C)c1ccc[nH]1)c1cn[nH]c1. The predicted octanol–water partition coefficient (Wildman–Crippen LogP) is 3.77. The molecule has 98 valence electrons. The van der Waals surface area contributed by atoms with E-state index in [4.69, 9.17) is 0 Å². The molecule has 18 heavy (non-hydrogen) atoms. The fourth-order valence-corrected chi connectivity index (χ4v) is 2.28. The Morgan fingerprint density at radius 3 is 2.39 bits per heavy atom. The Morgan fingerprint density at radius 2 is 1.83 bits per heavy atom. The standard InChI is InChI=1S/C15H23N3/c1-14(2,12-10-17-18-11-12)7-8-15(3,4)13-6-5-9-16-13/h5-6,9-11,16H,7-8H2,1-4H3,(H,17,18). The van der Waals surface area contributed by atoms with E-state index in [1.54, 1.807) is 0 Å². The van der Waals surface area contributed by atoms with E-state index in [9.17, 15) is 0 Å². The Kier molecular flexibility index (Phi) is 3.33. The smallest absolute Gasteiger partial charge is 0.0524 e. The number of H-pyrrole nitrogens is 2. The van der Waals surface area contributed by atoms with E-state index in [1.165, 1.54) is 11.3 Å². The molecular formula is C15H23N3. The van der Waals surface area contributed by atoms with Gasteiger partial charge in [-0.15, -0.1) is 0 Å². The third-order valence-corrected chi connectivity index (χ3v) is 3.98. The summed E-state index contributed by atoms with van der Waals surface area (Å²) >= 11 is 0. The quantitative estimate of drug-likeness (QED) is 0.827. The van der Waals surface area contributed by atoms with Crippen molar-refractivity contribution in [3.8, 4) is 0 Å². The van der Waals surface area contributed by atoms with E-state index in [0.29, 0.717) is 0 Å². The lowest BCUT2D eigenvalue weighted by Gasteiger charge is -2.30. The molecule has 0 saturated heterocycles. The van der Waals surface area contributed by atoms with Crippen molar-refractivity contribution in [3.05, 3.63) is 42.0 Å². The molecule has 2 heterocycles. The molecule has 0 aliphatic rings. The van der Waals surface area contributed by atoms with Crippen LogP contribution in [0.1, 0.15) is 51.8 Å². The first kappa shape index (κ1) is 12.9. The fourth-order valence-electron chi connectivity index (χ4n) is 2.28. The minimum absolute atomic E-state index is 0.164. The molecule has 3 heteroatoms. The molecule has 0 saturated carbocycles.